The van der Waals surface area contributed by atoms with Gasteiger partial charge in [0.05, 0.1) is 5.57 Å². The molecule has 0 unspecified atom stereocenters. The molecule has 1 aliphatic carbocycles. The lowest BCUT2D eigenvalue weighted by atomic mass is 9.76. The lowest BCUT2D eigenvalue weighted by Crippen LogP contribution is -2.27. The van der Waals surface area contributed by atoms with E-state index in [0.29, 0.717) is 0 Å². The number of aliphatic hydroxyl groups excluding tert-OH is 1. The summed E-state index contributed by atoms with van der Waals surface area (Å²) in [6.45, 7) is 8.95. The number of amides is 1. The van der Waals surface area contributed by atoms with Crippen molar-refractivity contribution in [3.8, 4) is 0 Å². The van der Waals surface area contributed by atoms with E-state index in [-0.39, 0.29) is 54.0 Å². The fourth-order valence-electron chi connectivity index (χ4n) is 3.78. The van der Waals surface area contributed by atoms with Crippen molar-refractivity contribution >= 4 is 23.2 Å². The molecule has 0 saturated heterocycles. The minimum Gasteiger partial charge on any atom is -0.511 e. The van der Waals surface area contributed by atoms with Gasteiger partial charge in [0.2, 0.25) is 5.91 Å². The zero-order valence-corrected chi connectivity index (χ0v) is 15.4. The molecule has 1 aromatic rings. The van der Waals surface area contributed by atoms with Crippen LogP contribution >= 0.6 is 0 Å². The average Bonchev–Trinajstić information content (AvgIpc) is 2.50. The van der Waals surface area contributed by atoms with Gasteiger partial charge in [-0.2, -0.15) is 0 Å². The number of rotatable bonds is 3. The first-order valence-corrected chi connectivity index (χ1v) is 8.54. The number of nitrogens with one attached hydrogen (secondary N) is 1. The second-order valence-electron chi connectivity index (χ2n) is 6.73. The molecule has 0 atom stereocenters. The van der Waals surface area contributed by atoms with Crippen LogP contribution < -0.4 is 5.32 Å². The molecule has 134 valence electrons. The molecular formula is C20H25NO4. The maximum absolute atomic E-state index is 12.4. The molecule has 1 amide bonds. The van der Waals surface area contributed by atoms with Crippen LogP contribution in [0.5, 0.6) is 0 Å². The highest BCUT2D eigenvalue weighted by Gasteiger charge is 2.35. The number of Topliss-reactive ketones (excluding diaryl/α,β-unsaturated/α-hetero) is 2. The first kappa shape index (κ1) is 18.9. The van der Waals surface area contributed by atoms with Gasteiger partial charge in [-0.05, 0) is 48.9 Å². The van der Waals surface area contributed by atoms with Crippen LogP contribution in [0.1, 0.15) is 61.3 Å². The normalized spacial score (nSPS) is 17.6. The predicted molar refractivity (Wildman–Crippen MR) is 96.9 cm³/mol. The number of carbonyl (C=O) groups is 3. The third-order valence-corrected chi connectivity index (χ3v) is 4.79. The lowest BCUT2D eigenvalue weighted by molar-refractivity contribution is -0.124. The molecule has 25 heavy (non-hydrogen) atoms. The Morgan fingerprint density at radius 1 is 1.16 bits per heavy atom. The van der Waals surface area contributed by atoms with Gasteiger partial charge >= 0.3 is 0 Å². The molecule has 2 N–H and O–H groups in total. The van der Waals surface area contributed by atoms with Crippen molar-refractivity contribution in [2.75, 3.05) is 5.32 Å². The van der Waals surface area contributed by atoms with Gasteiger partial charge in [0.15, 0.2) is 11.6 Å². The van der Waals surface area contributed by atoms with E-state index in [2.05, 4.69) is 5.32 Å². The Bertz CT molecular complexity index is 769. The summed E-state index contributed by atoms with van der Waals surface area (Å²) in [4.78, 5) is 36.4. The number of anilines is 1. The summed E-state index contributed by atoms with van der Waals surface area (Å²) in [6.07, 6.45) is 0.650. The van der Waals surface area contributed by atoms with E-state index in [0.717, 1.165) is 27.9 Å². The molecular weight excluding hydrogens is 318 g/mol. The van der Waals surface area contributed by atoms with Gasteiger partial charge in [0.25, 0.3) is 0 Å². The molecule has 5 heteroatoms. The summed E-state index contributed by atoms with van der Waals surface area (Å²) >= 11 is 0. The molecule has 2 rings (SSSR count). The minimum atomic E-state index is -0.305. The molecule has 1 saturated carbocycles. The van der Waals surface area contributed by atoms with Gasteiger partial charge in [-0.1, -0.05) is 13.0 Å². The number of benzene rings is 1. The Hall–Kier alpha value is -2.43. The SMILES string of the molecule is CCC(O)=C1C(=O)CC(c2c(C)cc(C)c(NC(C)=O)c2C)CC1=O. The summed E-state index contributed by atoms with van der Waals surface area (Å²) in [5, 5.41) is 12.7. The van der Waals surface area contributed by atoms with Crippen LogP contribution in [0, 0.1) is 20.8 Å². The van der Waals surface area contributed by atoms with Gasteiger partial charge in [0, 0.05) is 31.9 Å². The average molecular weight is 343 g/mol. The lowest BCUT2D eigenvalue weighted by Gasteiger charge is -2.27. The highest BCUT2D eigenvalue weighted by atomic mass is 16.3. The third-order valence-electron chi connectivity index (χ3n) is 4.79. The Morgan fingerprint density at radius 3 is 2.20 bits per heavy atom. The first-order valence-electron chi connectivity index (χ1n) is 8.54. The second-order valence-corrected chi connectivity index (χ2v) is 6.73. The fourth-order valence-corrected chi connectivity index (χ4v) is 3.78. The van der Waals surface area contributed by atoms with Crippen LogP contribution in [-0.4, -0.2) is 22.6 Å². The largest absolute Gasteiger partial charge is 0.511 e. The van der Waals surface area contributed by atoms with Crippen LogP contribution in [0.3, 0.4) is 0 Å². The number of aryl methyl sites for hydroxylation is 2. The van der Waals surface area contributed by atoms with Crippen molar-refractivity contribution in [1.29, 1.82) is 0 Å². The molecule has 0 aliphatic heterocycles. The molecule has 0 spiro atoms. The summed E-state index contributed by atoms with van der Waals surface area (Å²) < 4.78 is 0. The van der Waals surface area contributed by atoms with Gasteiger partial charge in [0.1, 0.15) is 5.76 Å². The third kappa shape index (κ3) is 3.65. The Labute approximate surface area is 148 Å². The minimum absolute atomic E-state index is 0.0387. The van der Waals surface area contributed by atoms with Crippen LogP contribution in [0.25, 0.3) is 0 Å². The molecule has 1 fully saturated rings. The van der Waals surface area contributed by atoms with Gasteiger partial charge in [-0.25, -0.2) is 0 Å². The number of ketones is 2. The highest BCUT2D eigenvalue weighted by Crippen LogP contribution is 2.39. The number of carbonyl (C=O) groups excluding carboxylic acids is 3. The smallest absolute Gasteiger partial charge is 0.221 e. The number of allylic oxidation sites excluding steroid dienone is 2. The highest BCUT2D eigenvalue weighted by molar-refractivity contribution is 6.22. The fraction of sp³-hybridized carbons (Fsp3) is 0.450. The van der Waals surface area contributed by atoms with Crippen molar-refractivity contribution < 1.29 is 19.5 Å². The number of aliphatic hydroxyl groups is 1. The molecule has 1 aliphatic rings. The van der Waals surface area contributed by atoms with Gasteiger partial charge in [-0.15, -0.1) is 0 Å². The van der Waals surface area contributed by atoms with Crippen LogP contribution in [-0.2, 0) is 14.4 Å². The van der Waals surface area contributed by atoms with Crippen molar-refractivity contribution in [3.63, 3.8) is 0 Å². The molecule has 5 nitrogen and oxygen atoms in total. The zero-order chi connectivity index (χ0) is 18.9. The first-order chi connectivity index (χ1) is 11.7. The van der Waals surface area contributed by atoms with E-state index in [1.54, 1.807) is 6.92 Å². The van der Waals surface area contributed by atoms with E-state index in [1.807, 2.05) is 26.8 Å². The topological polar surface area (TPSA) is 83.5 Å². The summed E-state index contributed by atoms with van der Waals surface area (Å²) in [5.74, 6) is -1.12. The van der Waals surface area contributed by atoms with Crippen LogP contribution in [0.2, 0.25) is 0 Å². The number of hydrogen-bond donors (Lipinski definition) is 2. The Kier molecular flexibility index (Phi) is 5.45. The van der Waals surface area contributed by atoms with Crippen molar-refractivity contribution in [1.82, 2.24) is 0 Å². The van der Waals surface area contributed by atoms with Crippen LogP contribution in [0.4, 0.5) is 5.69 Å². The molecule has 1 aromatic carbocycles. The predicted octanol–water partition coefficient (Wildman–Crippen LogP) is 3.81. The monoisotopic (exact) mass is 343 g/mol. The molecule has 0 aromatic heterocycles. The quantitative estimate of drug-likeness (QED) is 0.497. The van der Waals surface area contributed by atoms with E-state index >= 15 is 0 Å². The standard InChI is InChI=1S/C20H25NO4/c1-6-15(23)19-16(24)8-14(9-17(19)25)18-10(2)7-11(3)20(12(18)4)21-13(5)22/h7,14,23H,6,8-9H2,1-5H3,(H,21,22). The maximum Gasteiger partial charge on any atom is 0.221 e. The summed E-state index contributed by atoms with van der Waals surface area (Å²) in [6, 6.07) is 1.97. The van der Waals surface area contributed by atoms with E-state index in [9.17, 15) is 19.5 Å². The Balaban J connectivity index is 2.48. The zero-order valence-electron chi connectivity index (χ0n) is 15.4. The van der Waals surface area contributed by atoms with E-state index < -0.39 is 0 Å². The van der Waals surface area contributed by atoms with Gasteiger partial charge < -0.3 is 10.4 Å². The van der Waals surface area contributed by atoms with Crippen molar-refractivity contribution in [2.24, 2.45) is 0 Å². The van der Waals surface area contributed by atoms with Crippen LogP contribution in [0.15, 0.2) is 17.4 Å². The van der Waals surface area contributed by atoms with Crippen molar-refractivity contribution in [3.05, 3.63) is 39.7 Å². The van der Waals surface area contributed by atoms with E-state index in [4.69, 9.17) is 0 Å². The molecule has 0 radical (unpaired) electrons. The van der Waals surface area contributed by atoms with Gasteiger partial charge in [-0.3, -0.25) is 14.4 Å². The van der Waals surface area contributed by atoms with E-state index in [1.165, 1.54) is 6.92 Å². The summed E-state index contributed by atoms with van der Waals surface area (Å²) in [7, 11) is 0. The molecule has 0 heterocycles. The maximum atomic E-state index is 12.4. The summed E-state index contributed by atoms with van der Waals surface area (Å²) in [5.41, 5.74) is 4.49. The Morgan fingerprint density at radius 2 is 1.72 bits per heavy atom. The second kappa shape index (κ2) is 7.21. The van der Waals surface area contributed by atoms with Crippen molar-refractivity contribution in [2.45, 2.75) is 59.8 Å². The number of hydrogen-bond acceptors (Lipinski definition) is 4. The molecule has 0 bridgehead atoms.